The second-order valence-corrected chi connectivity index (χ2v) is 8.47. The molecular formula is C22H21F2N3O5. The van der Waals surface area contributed by atoms with Crippen molar-refractivity contribution in [3.8, 4) is 5.75 Å². The summed E-state index contributed by atoms with van der Waals surface area (Å²) < 4.78 is 34.5. The summed E-state index contributed by atoms with van der Waals surface area (Å²) in [5, 5.41) is 13.0. The van der Waals surface area contributed by atoms with Gasteiger partial charge in [-0.2, -0.15) is 0 Å². The maximum Gasteiger partial charge on any atom is 0.276 e. The predicted molar refractivity (Wildman–Crippen MR) is 107 cm³/mol. The first-order valence-corrected chi connectivity index (χ1v) is 10.4. The Morgan fingerprint density at radius 2 is 2.06 bits per heavy atom. The summed E-state index contributed by atoms with van der Waals surface area (Å²) in [5.41, 5.74) is -1.51. The molecule has 2 N–H and O–H groups in total. The molecule has 1 unspecified atom stereocenters. The number of benzene rings is 1. The van der Waals surface area contributed by atoms with Crippen LogP contribution in [0.2, 0.25) is 0 Å². The first-order valence-electron chi connectivity index (χ1n) is 10.4. The molecule has 2 bridgehead atoms. The summed E-state index contributed by atoms with van der Waals surface area (Å²) in [6, 6.07) is 2.10. The molecule has 0 radical (unpaired) electrons. The van der Waals surface area contributed by atoms with Crippen LogP contribution in [0.15, 0.2) is 29.2 Å². The number of hydrogen-bond donors (Lipinski definition) is 2. The van der Waals surface area contributed by atoms with Crippen molar-refractivity contribution in [2.45, 2.75) is 57.1 Å². The highest BCUT2D eigenvalue weighted by molar-refractivity contribution is 5.99. The average molecular weight is 445 g/mol. The van der Waals surface area contributed by atoms with E-state index in [1.54, 1.807) is 4.90 Å². The number of fused-ring (bicyclic) bond motifs is 5. The summed E-state index contributed by atoms with van der Waals surface area (Å²) in [4.78, 5) is 40.2. The highest BCUT2D eigenvalue weighted by Crippen LogP contribution is 2.38. The predicted octanol–water partition coefficient (Wildman–Crippen LogP) is 2.06. The highest BCUT2D eigenvalue weighted by Gasteiger charge is 2.47. The van der Waals surface area contributed by atoms with Crippen LogP contribution in [0, 0.1) is 11.6 Å². The molecule has 32 heavy (non-hydrogen) atoms. The Kier molecular flexibility index (Phi) is 4.77. The molecule has 1 saturated heterocycles. The van der Waals surface area contributed by atoms with E-state index in [-0.39, 0.29) is 35.5 Å². The average Bonchev–Trinajstić information content (AvgIpc) is 3.11. The molecule has 2 aromatic rings. The van der Waals surface area contributed by atoms with Gasteiger partial charge in [0.15, 0.2) is 17.7 Å². The van der Waals surface area contributed by atoms with Crippen LogP contribution >= 0.6 is 0 Å². The second-order valence-electron chi connectivity index (χ2n) is 8.47. The number of halogens is 2. The van der Waals surface area contributed by atoms with Crippen molar-refractivity contribution in [2.24, 2.45) is 0 Å². The molecule has 10 heteroatoms. The van der Waals surface area contributed by atoms with E-state index >= 15 is 0 Å². The lowest BCUT2D eigenvalue weighted by Crippen LogP contribution is -2.57. The van der Waals surface area contributed by atoms with Gasteiger partial charge in [-0.1, -0.05) is 6.07 Å². The highest BCUT2D eigenvalue weighted by atomic mass is 19.1. The Hall–Kier alpha value is -3.27. The zero-order valence-electron chi connectivity index (χ0n) is 17.2. The molecule has 3 heterocycles. The van der Waals surface area contributed by atoms with Gasteiger partial charge in [-0.05, 0) is 32.3 Å². The number of aromatic nitrogens is 1. The van der Waals surface area contributed by atoms with Gasteiger partial charge < -0.3 is 24.6 Å². The molecule has 168 valence electrons. The van der Waals surface area contributed by atoms with Gasteiger partial charge in [0, 0.05) is 23.9 Å². The number of aromatic hydroxyl groups is 1. The molecule has 3 aliphatic rings. The van der Waals surface area contributed by atoms with Crippen molar-refractivity contribution < 1.29 is 28.2 Å². The number of nitrogens with zero attached hydrogens (tertiary/aromatic N) is 2. The molecule has 1 aromatic heterocycles. The lowest BCUT2D eigenvalue weighted by molar-refractivity contribution is -0.132. The number of hydrogen-bond acceptors (Lipinski definition) is 5. The van der Waals surface area contributed by atoms with E-state index in [4.69, 9.17) is 4.74 Å². The molecule has 2 fully saturated rings. The monoisotopic (exact) mass is 445 g/mol. The number of nitrogens with one attached hydrogen (secondary N) is 1. The van der Waals surface area contributed by atoms with Crippen molar-refractivity contribution in [2.75, 3.05) is 0 Å². The Labute approximate surface area is 181 Å². The van der Waals surface area contributed by atoms with Crippen LogP contribution in [0.25, 0.3) is 0 Å². The number of ether oxygens (including phenoxy) is 1. The number of carbonyl (C=O) groups excluding carboxylic acids is 2. The summed E-state index contributed by atoms with van der Waals surface area (Å²) in [7, 11) is 0. The van der Waals surface area contributed by atoms with Crippen molar-refractivity contribution in [3.63, 3.8) is 0 Å². The molecule has 4 atom stereocenters. The quantitative estimate of drug-likeness (QED) is 0.753. The van der Waals surface area contributed by atoms with Crippen LogP contribution in [0.5, 0.6) is 5.75 Å². The maximum atomic E-state index is 14.0. The van der Waals surface area contributed by atoms with Crippen LogP contribution < -0.4 is 10.7 Å². The first kappa shape index (κ1) is 20.6. The van der Waals surface area contributed by atoms with E-state index in [1.807, 2.05) is 0 Å². The van der Waals surface area contributed by atoms with Gasteiger partial charge >= 0.3 is 0 Å². The standard InChI is InChI=1S/C22H21F2N3O5/c1-10(14-5-2-11(23)6-16(14)24)25-21(30)15-8-26-9-17-27(12-3-4-13(7-12)32-17)22(31)18(26)20(29)19(15)28/h2,5-6,8,10,12-13,17,29H,3-4,7,9H2,1H3,(H,25,30)/t10-,12-,13-,17?/m1/s1. The summed E-state index contributed by atoms with van der Waals surface area (Å²) in [5.74, 6) is -3.75. The van der Waals surface area contributed by atoms with Crippen molar-refractivity contribution in [3.05, 3.63) is 63.1 Å². The first-order chi connectivity index (χ1) is 15.2. The van der Waals surface area contributed by atoms with Crippen molar-refractivity contribution in [1.82, 2.24) is 14.8 Å². The van der Waals surface area contributed by atoms with Gasteiger partial charge in [0.25, 0.3) is 11.8 Å². The number of amides is 2. The summed E-state index contributed by atoms with van der Waals surface area (Å²) >= 11 is 0. The number of carbonyl (C=O) groups is 2. The fourth-order valence-electron chi connectivity index (χ4n) is 4.92. The molecular weight excluding hydrogens is 424 g/mol. The minimum absolute atomic E-state index is 0.00364. The van der Waals surface area contributed by atoms with Crippen molar-refractivity contribution in [1.29, 1.82) is 0 Å². The largest absolute Gasteiger partial charge is 0.503 e. The third kappa shape index (κ3) is 3.17. The summed E-state index contributed by atoms with van der Waals surface area (Å²) in [6.45, 7) is 1.65. The second kappa shape index (κ2) is 7.40. The third-order valence-corrected chi connectivity index (χ3v) is 6.48. The van der Waals surface area contributed by atoms with E-state index in [1.165, 1.54) is 23.8 Å². The van der Waals surface area contributed by atoms with Crippen molar-refractivity contribution >= 4 is 11.8 Å². The third-order valence-electron chi connectivity index (χ3n) is 6.48. The van der Waals surface area contributed by atoms with Crippen LogP contribution in [0.3, 0.4) is 0 Å². The van der Waals surface area contributed by atoms with Gasteiger partial charge in [0.2, 0.25) is 5.43 Å². The zero-order valence-corrected chi connectivity index (χ0v) is 17.2. The molecule has 5 rings (SSSR count). The van der Waals surface area contributed by atoms with E-state index < -0.39 is 46.9 Å². The Bertz CT molecular complexity index is 1200. The topological polar surface area (TPSA) is 101 Å². The lowest BCUT2D eigenvalue weighted by atomic mass is 10.1. The van der Waals surface area contributed by atoms with Crippen LogP contribution in [-0.4, -0.2) is 44.8 Å². The molecule has 2 amide bonds. The number of rotatable bonds is 3. The van der Waals surface area contributed by atoms with Crippen LogP contribution in [-0.2, 0) is 11.3 Å². The molecule has 1 aliphatic carbocycles. The lowest BCUT2D eigenvalue weighted by Gasteiger charge is -2.44. The van der Waals surface area contributed by atoms with Crippen LogP contribution in [0.4, 0.5) is 8.78 Å². The Balaban J connectivity index is 1.46. The molecule has 1 saturated carbocycles. The van der Waals surface area contributed by atoms with Crippen LogP contribution in [0.1, 0.15) is 58.6 Å². The summed E-state index contributed by atoms with van der Waals surface area (Å²) in [6.07, 6.45) is 3.12. The normalized spacial score (nSPS) is 24.7. The Morgan fingerprint density at radius 3 is 2.81 bits per heavy atom. The smallest absolute Gasteiger partial charge is 0.276 e. The molecule has 1 aromatic carbocycles. The fraction of sp³-hybridized carbons (Fsp3) is 0.409. The van der Waals surface area contributed by atoms with Gasteiger partial charge in [-0.25, -0.2) is 8.78 Å². The van der Waals surface area contributed by atoms with E-state index in [9.17, 15) is 28.3 Å². The number of pyridine rings is 1. The van der Waals surface area contributed by atoms with Gasteiger partial charge in [-0.15, -0.1) is 0 Å². The van der Waals surface area contributed by atoms with Gasteiger partial charge in [-0.3, -0.25) is 14.4 Å². The zero-order chi connectivity index (χ0) is 22.7. The minimum Gasteiger partial charge on any atom is -0.503 e. The van der Waals surface area contributed by atoms with E-state index in [0.29, 0.717) is 6.07 Å². The van der Waals surface area contributed by atoms with E-state index in [2.05, 4.69) is 5.32 Å². The van der Waals surface area contributed by atoms with Gasteiger partial charge in [0.05, 0.1) is 18.7 Å². The Morgan fingerprint density at radius 1 is 1.28 bits per heavy atom. The fourth-order valence-corrected chi connectivity index (χ4v) is 4.92. The minimum atomic E-state index is -0.991. The van der Waals surface area contributed by atoms with Gasteiger partial charge in [0.1, 0.15) is 17.2 Å². The van der Waals surface area contributed by atoms with E-state index in [0.717, 1.165) is 25.3 Å². The maximum absolute atomic E-state index is 14.0. The molecule has 0 spiro atoms. The molecule has 8 nitrogen and oxygen atoms in total. The SMILES string of the molecule is C[C@@H](NC(=O)c1cn2c(c(O)c1=O)C(=O)N1C(C2)O[C@@H]2CC[C@@H]1C2)c1ccc(F)cc1F. The molecule has 2 aliphatic heterocycles.